The number of halogens is 2. The molecular formula is C12H14BrClO. The minimum Gasteiger partial charge on any atom is -0.294 e. The summed E-state index contributed by atoms with van der Waals surface area (Å²) in [5.41, 5.74) is 2.72. The van der Waals surface area contributed by atoms with E-state index < -0.39 is 0 Å². The van der Waals surface area contributed by atoms with Gasteiger partial charge >= 0.3 is 0 Å². The number of ketones is 1. The van der Waals surface area contributed by atoms with Gasteiger partial charge in [0.15, 0.2) is 5.78 Å². The van der Waals surface area contributed by atoms with Gasteiger partial charge in [-0.3, -0.25) is 4.79 Å². The lowest BCUT2D eigenvalue weighted by molar-refractivity contribution is 0.0982. The molecule has 0 heterocycles. The molecule has 0 spiro atoms. The van der Waals surface area contributed by atoms with Crippen molar-refractivity contribution in [3.8, 4) is 0 Å². The Kier molecular flexibility index (Phi) is 4.81. The van der Waals surface area contributed by atoms with Crippen molar-refractivity contribution >= 4 is 33.3 Å². The predicted molar refractivity (Wildman–Crippen MR) is 68.3 cm³/mol. The van der Waals surface area contributed by atoms with Gasteiger partial charge in [0.25, 0.3) is 0 Å². The van der Waals surface area contributed by atoms with Crippen LogP contribution in [0.15, 0.2) is 12.1 Å². The monoisotopic (exact) mass is 288 g/mol. The number of alkyl halides is 1. The number of carbonyl (C=O) groups is 1. The molecule has 1 aromatic rings. The van der Waals surface area contributed by atoms with Crippen LogP contribution in [0.2, 0.25) is 5.02 Å². The lowest BCUT2D eigenvalue weighted by atomic mass is 10.0. The Morgan fingerprint density at radius 2 is 1.87 bits per heavy atom. The fraction of sp³-hybridized carbons (Fsp3) is 0.417. The van der Waals surface area contributed by atoms with Crippen LogP contribution in [-0.2, 0) is 0 Å². The van der Waals surface area contributed by atoms with Gasteiger partial charge < -0.3 is 0 Å². The van der Waals surface area contributed by atoms with Gasteiger partial charge in [0.1, 0.15) is 0 Å². The summed E-state index contributed by atoms with van der Waals surface area (Å²) in [4.78, 5) is 11.8. The summed E-state index contributed by atoms with van der Waals surface area (Å²) in [6.45, 7) is 3.85. The van der Waals surface area contributed by atoms with Crippen LogP contribution >= 0.6 is 27.5 Å². The normalized spacial score (nSPS) is 10.4. The number of hydrogen-bond acceptors (Lipinski definition) is 1. The smallest absolute Gasteiger partial charge is 0.162 e. The van der Waals surface area contributed by atoms with E-state index >= 15 is 0 Å². The van der Waals surface area contributed by atoms with Crippen LogP contribution in [-0.4, -0.2) is 11.1 Å². The SMILES string of the molecule is Cc1cc(C(=O)CCCBr)cc(C)c1Cl. The molecule has 82 valence electrons. The summed E-state index contributed by atoms with van der Waals surface area (Å²) in [5, 5.41) is 1.62. The average molecular weight is 290 g/mol. The van der Waals surface area contributed by atoms with Crippen molar-refractivity contribution in [3.63, 3.8) is 0 Å². The Balaban J connectivity index is 2.91. The third-order valence-electron chi connectivity index (χ3n) is 2.30. The molecule has 0 aromatic heterocycles. The molecule has 15 heavy (non-hydrogen) atoms. The highest BCUT2D eigenvalue weighted by Gasteiger charge is 2.09. The predicted octanol–water partition coefficient (Wildman–Crippen LogP) is 4.31. The molecule has 1 rings (SSSR count). The Labute approximate surface area is 104 Å². The van der Waals surface area contributed by atoms with E-state index in [0.717, 1.165) is 33.5 Å². The quantitative estimate of drug-likeness (QED) is 0.596. The van der Waals surface area contributed by atoms with Crippen molar-refractivity contribution in [1.82, 2.24) is 0 Å². The van der Waals surface area contributed by atoms with E-state index in [1.807, 2.05) is 26.0 Å². The lowest BCUT2D eigenvalue weighted by Gasteiger charge is -2.06. The maximum atomic E-state index is 11.8. The Hall–Kier alpha value is -0.340. The molecular weight excluding hydrogens is 275 g/mol. The summed E-state index contributed by atoms with van der Waals surface area (Å²) in [7, 11) is 0. The molecule has 1 nitrogen and oxygen atoms in total. The van der Waals surface area contributed by atoms with Crippen LogP contribution in [0.1, 0.15) is 34.3 Å². The highest BCUT2D eigenvalue weighted by Crippen LogP contribution is 2.22. The molecule has 0 fully saturated rings. The van der Waals surface area contributed by atoms with Crippen molar-refractivity contribution < 1.29 is 4.79 Å². The zero-order chi connectivity index (χ0) is 11.4. The van der Waals surface area contributed by atoms with Gasteiger partial charge in [-0.1, -0.05) is 27.5 Å². The largest absolute Gasteiger partial charge is 0.294 e. The fourth-order valence-corrected chi connectivity index (χ4v) is 1.87. The molecule has 0 aliphatic carbocycles. The highest BCUT2D eigenvalue weighted by molar-refractivity contribution is 9.09. The number of Topliss-reactive ketones (excluding diaryl/α,β-unsaturated/α-hetero) is 1. The van der Waals surface area contributed by atoms with Crippen LogP contribution in [0, 0.1) is 13.8 Å². The fourth-order valence-electron chi connectivity index (χ4n) is 1.48. The van der Waals surface area contributed by atoms with Crippen LogP contribution in [0.3, 0.4) is 0 Å². The molecule has 0 amide bonds. The van der Waals surface area contributed by atoms with E-state index in [4.69, 9.17) is 11.6 Å². The zero-order valence-electron chi connectivity index (χ0n) is 8.94. The van der Waals surface area contributed by atoms with Crippen LogP contribution in [0.25, 0.3) is 0 Å². The van der Waals surface area contributed by atoms with Crippen molar-refractivity contribution in [1.29, 1.82) is 0 Å². The minimum absolute atomic E-state index is 0.192. The lowest BCUT2D eigenvalue weighted by Crippen LogP contribution is -2.01. The van der Waals surface area contributed by atoms with Gasteiger partial charge in [-0.05, 0) is 43.5 Å². The maximum absolute atomic E-state index is 11.8. The van der Waals surface area contributed by atoms with Crippen LogP contribution < -0.4 is 0 Å². The van der Waals surface area contributed by atoms with Crippen molar-refractivity contribution in [2.75, 3.05) is 5.33 Å². The first kappa shape index (κ1) is 12.7. The van der Waals surface area contributed by atoms with E-state index in [1.165, 1.54) is 0 Å². The number of carbonyl (C=O) groups excluding carboxylic acids is 1. The summed E-state index contributed by atoms with van der Waals surface area (Å²) >= 11 is 9.36. The van der Waals surface area contributed by atoms with Gasteiger partial charge in [0, 0.05) is 22.3 Å². The molecule has 0 saturated heterocycles. The van der Waals surface area contributed by atoms with Gasteiger partial charge in [-0.15, -0.1) is 0 Å². The highest BCUT2D eigenvalue weighted by atomic mass is 79.9. The number of rotatable bonds is 4. The first-order valence-corrected chi connectivity index (χ1v) is 6.42. The third kappa shape index (κ3) is 3.32. The molecule has 0 aliphatic heterocycles. The van der Waals surface area contributed by atoms with Crippen LogP contribution in [0.5, 0.6) is 0 Å². The Morgan fingerprint density at radius 3 is 2.33 bits per heavy atom. The molecule has 0 unspecified atom stereocenters. The molecule has 3 heteroatoms. The summed E-state index contributed by atoms with van der Waals surface area (Å²) < 4.78 is 0. The van der Waals surface area contributed by atoms with Gasteiger partial charge in [-0.25, -0.2) is 0 Å². The third-order valence-corrected chi connectivity index (χ3v) is 3.45. The number of hydrogen-bond donors (Lipinski definition) is 0. The zero-order valence-corrected chi connectivity index (χ0v) is 11.3. The van der Waals surface area contributed by atoms with Crippen LogP contribution in [0.4, 0.5) is 0 Å². The molecule has 0 radical (unpaired) electrons. The van der Waals surface area contributed by atoms with E-state index in [2.05, 4.69) is 15.9 Å². The molecule has 0 N–H and O–H groups in total. The van der Waals surface area contributed by atoms with E-state index in [0.29, 0.717) is 6.42 Å². The molecule has 0 aliphatic rings. The second kappa shape index (κ2) is 5.66. The van der Waals surface area contributed by atoms with Gasteiger partial charge in [0.05, 0.1) is 0 Å². The summed E-state index contributed by atoms with van der Waals surface area (Å²) in [6.07, 6.45) is 1.46. The molecule has 0 bridgehead atoms. The maximum Gasteiger partial charge on any atom is 0.162 e. The second-order valence-corrected chi connectivity index (χ2v) is 4.81. The Bertz CT molecular complexity index is 351. The first-order chi connectivity index (χ1) is 7.06. The van der Waals surface area contributed by atoms with E-state index in [9.17, 15) is 4.79 Å². The number of aryl methyl sites for hydroxylation is 2. The van der Waals surface area contributed by atoms with Crippen molar-refractivity contribution in [2.45, 2.75) is 26.7 Å². The van der Waals surface area contributed by atoms with Crippen molar-refractivity contribution in [2.24, 2.45) is 0 Å². The van der Waals surface area contributed by atoms with E-state index in [1.54, 1.807) is 0 Å². The van der Waals surface area contributed by atoms with Crippen molar-refractivity contribution in [3.05, 3.63) is 33.8 Å². The minimum atomic E-state index is 0.192. The topological polar surface area (TPSA) is 17.1 Å². The standard InChI is InChI=1S/C12H14BrClO/c1-8-6-10(7-9(2)12(8)14)11(15)4-3-5-13/h6-7H,3-5H2,1-2H3. The summed E-state index contributed by atoms with van der Waals surface area (Å²) in [5.74, 6) is 0.192. The molecule has 0 atom stereocenters. The van der Waals surface area contributed by atoms with Gasteiger partial charge in [0.2, 0.25) is 0 Å². The number of benzene rings is 1. The van der Waals surface area contributed by atoms with Gasteiger partial charge in [-0.2, -0.15) is 0 Å². The average Bonchev–Trinajstić information content (AvgIpc) is 2.21. The molecule has 0 saturated carbocycles. The molecule has 1 aromatic carbocycles. The summed E-state index contributed by atoms with van der Waals surface area (Å²) in [6, 6.07) is 3.73. The Morgan fingerprint density at radius 1 is 1.33 bits per heavy atom. The second-order valence-electron chi connectivity index (χ2n) is 3.64. The van der Waals surface area contributed by atoms with E-state index in [-0.39, 0.29) is 5.78 Å². The first-order valence-electron chi connectivity index (χ1n) is 4.92.